The Morgan fingerprint density at radius 3 is 2.55 bits per heavy atom. The normalized spacial score (nSPS) is 13.7. The van der Waals surface area contributed by atoms with Gasteiger partial charge in [0.2, 0.25) is 0 Å². The number of amides is 1. The minimum Gasteiger partial charge on any atom is -0.349 e. The molecule has 144 valence electrons. The highest BCUT2D eigenvalue weighted by Gasteiger charge is 2.25. The van der Waals surface area contributed by atoms with E-state index in [2.05, 4.69) is 24.4 Å². The fraction of sp³-hybridized carbons (Fsp3) is 0.208. The first-order valence-electron chi connectivity index (χ1n) is 9.85. The van der Waals surface area contributed by atoms with Gasteiger partial charge in [0.05, 0.1) is 11.4 Å². The number of rotatable bonds is 6. The van der Waals surface area contributed by atoms with E-state index in [1.807, 2.05) is 54.7 Å². The van der Waals surface area contributed by atoms with E-state index in [4.69, 9.17) is 5.10 Å². The van der Waals surface area contributed by atoms with Crippen molar-refractivity contribution < 1.29 is 4.79 Å². The zero-order valence-electron chi connectivity index (χ0n) is 16.3. The number of carbonyl (C=O) groups is 1. The minimum atomic E-state index is -0.324. The standard InChI is InChI=1S/C24H22N4O/c1-2-17-8-10-18(11-9-17)23-20(14-19(15-25)24(29)26-21-12-13-21)16-28(27-23)22-6-4-3-5-7-22/h3-11,14,16,21H,2,12-13H2,1H3,(H,26,29)/b19-14+. The lowest BCUT2D eigenvalue weighted by molar-refractivity contribution is -0.117. The zero-order chi connectivity index (χ0) is 20.2. The molecule has 0 atom stereocenters. The second kappa shape index (κ2) is 8.15. The van der Waals surface area contributed by atoms with Crippen molar-refractivity contribution >= 4 is 12.0 Å². The summed E-state index contributed by atoms with van der Waals surface area (Å²) in [7, 11) is 0. The van der Waals surface area contributed by atoms with Crippen molar-refractivity contribution in [1.29, 1.82) is 5.26 Å². The SMILES string of the molecule is CCc1ccc(-c2nn(-c3ccccc3)cc2/C=C(\C#N)C(=O)NC2CC2)cc1. The van der Waals surface area contributed by atoms with E-state index in [1.165, 1.54) is 5.56 Å². The molecule has 5 heteroatoms. The number of hydrogen-bond acceptors (Lipinski definition) is 3. The van der Waals surface area contributed by atoms with Gasteiger partial charge in [0.1, 0.15) is 11.6 Å². The van der Waals surface area contributed by atoms with Gasteiger partial charge < -0.3 is 5.32 Å². The third-order valence-corrected chi connectivity index (χ3v) is 4.98. The summed E-state index contributed by atoms with van der Waals surface area (Å²) in [5, 5.41) is 17.2. The van der Waals surface area contributed by atoms with E-state index in [0.717, 1.165) is 41.8 Å². The van der Waals surface area contributed by atoms with Crippen LogP contribution in [0.5, 0.6) is 0 Å². The third kappa shape index (κ3) is 4.27. The fourth-order valence-electron chi connectivity index (χ4n) is 3.12. The Balaban J connectivity index is 1.77. The molecule has 4 rings (SSSR count). The molecule has 3 aromatic rings. The van der Waals surface area contributed by atoms with Crippen LogP contribution in [0, 0.1) is 11.3 Å². The first-order valence-corrected chi connectivity index (χ1v) is 9.85. The number of nitriles is 1. The van der Waals surface area contributed by atoms with Crippen molar-refractivity contribution in [2.24, 2.45) is 0 Å². The fourth-order valence-corrected chi connectivity index (χ4v) is 3.12. The van der Waals surface area contributed by atoms with Gasteiger partial charge >= 0.3 is 0 Å². The van der Waals surface area contributed by atoms with Crippen LogP contribution in [0.25, 0.3) is 23.0 Å². The van der Waals surface area contributed by atoms with Crippen molar-refractivity contribution in [3.8, 4) is 23.0 Å². The van der Waals surface area contributed by atoms with E-state index < -0.39 is 0 Å². The molecule has 0 bridgehead atoms. The summed E-state index contributed by atoms with van der Waals surface area (Å²) in [5.74, 6) is -0.324. The molecule has 1 saturated carbocycles. The monoisotopic (exact) mass is 382 g/mol. The lowest BCUT2D eigenvalue weighted by Crippen LogP contribution is -2.26. The Bertz CT molecular complexity index is 1080. The molecule has 0 unspecified atom stereocenters. The van der Waals surface area contributed by atoms with Crippen LogP contribution in [0.4, 0.5) is 0 Å². The van der Waals surface area contributed by atoms with Crippen LogP contribution >= 0.6 is 0 Å². The Hall–Kier alpha value is -3.65. The highest BCUT2D eigenvalue weighted by molar-refractivity contribution is 6.02. The lowest BCUT2D eigenvalue weighted by atomic mass is 10.0. The van der Waals surface area contributed by atoms with E-state index >= 15 is 0 Å². The molecule has 0 radical (unpaired) electrons. The summed E-state index contributed by atoms with van der Waals surface area (Å²) in [6.45, 7) is 2.12. The van der Waals surface area contributed by atoms with Gasteiger partial charge in [-0.25, -0.2) is 4.68 Å². The number of para-hydroxylation sites is 1. The Kier molecular flexibility index (Phi) is 5.26. The smallest absolute Gasteiger partial charge is 0.262 e. The van der Waals surface area contributed by atoms with Crippen LogP contribution in [0.2, 0.25) is 0 Å². The minimum absolute atomic E-state index is 0.0935. The van der Waals surface area contributed by atoms with Gasteiger partial charge in [0, 0.05) is 23.4 Å². The van der Waals surface area contributed by atoms with Crippen molar-refractivity contribution in [2.45, 2.75) is 32.2 Å². The summed E-state index contributed by atoms with van der Waals surface area (Å²) in [5.41, 5.74) is 4.68. The molecule has 1 fully saturated rings. The first kappa shape index (κ1) is 18.7. The van der Waals surface area contributed by atoms with Crippen LogP contribution in [0.15, 0.2) is 66.4 Å². The molecule has 5 nitrogen and oxygen atoms in total. The number of carbonyl (C=O) groups excluding carboxylic acids is 1. The molecule has 1 heterocycles. The molecule has 1 aliphatic rings. The number of nitrogens with one attached hydrogen (secondary N) is 1. The van der Waals surface area contributed by atoms with Crippen molar-refractivity contribution in [3.05, 3.63) is 77.5 Å². The van der Waals surface area contributed by atoms with Crippen LogP contribution in [-0.2, 0) is 11.2 Å². The molecule has 29 heavy (non-hydrogen) atoms. The Morgan fingerprint density at radius 1 is 1.21 bits per heavy atom. The quantitative estimate of drug-likeness (QED) is 0.511. The van der Waals surface area contributed by atoms with Crippen LogP contribution in [0.1, 0.15) is 30.9 Å². The molecular formula is C24H22N4O. The summed E-state index contributed by atoms with van der Waals surface area (Å²) in [6.07, 6.45) is 6.41. The Labute approximate surface area is 170 Å². The van der Waals surface area contributed by atoms with Gasteiger partial charge in [-0.1, -0.05) is 49.4 Å². The van der Waals surface area contributed by atoms with Gasteiger partial charge in [0.25, 0.3) is 5.91 Å². The summed E-state index contributed by atoms with van der Waals surface area (Å²) < 4.78 is 1.78. The second-order valence-corrected chi connectivity index (χ2v) is 7.18. The van der Waals surface area contributed by atoms with E-state index in [-0.39, 0.29) is 17.5 Å². The predicted molar refractivity (Wildman–Crippen MR) is 113 cm³/mol. The molecule has 1 aromatic heterocycles. The maximum absolute atomic E-state index is 12.4. The number of aromatic nitrogens is 2. The van der Waals surface area contributed by atoms with Gasteiger partial charge in [0.15, 0.2) is 0 Å². The topological polar surface area (TPSA) is 70.7 Å². The zero-order valence-corrected chi connectivity index (χ0v) is 16.3. The molecular weight excluding hydrogens is 360 g/mol. The van der Waals surface area contributed by atoms with Crippen molar-refractivity contribution in [2.75, 3.05) is 0 Å². The molecule has 1 amide bonds. The summed E-state index contributed by atoms with van der Waals surface area (Å²) in [6, 6.07) is 20.3. The number of hydrogen-bond donors (Lipinski definition) is 1. The molecule has 1 N–H and O–H groups in total. The molecule has 0 spiro atoms. The molecule has 0 aliphatic heterocycles. The van der Waals surface area contributed by atoms with Gasteiger partial charge in [-0.2, -0.15) is 10.4 Å². The lowest BCUT2D eigenvalue weighted by Gasteiger charge is -2.03. The number of nitrogens with zero attached hydrogens (tertiary/aromatic N) is 3. The summed E-state index contributed by atoms with van der Waals surface area (Å²) in [4.78, 5) is 12.4. The van der Waals surface area contributed by atoms with Crippen LogP contribution < -0.4 is 5.32 Å². The van der Waals surface area contributed by atoms with E-state index in [9.17, 15) is 10.1 Å². The number of aryl methyl sites for hydroxylation is 1. The highest BCUT2D eigenvalue weighted by atomic mass is 16.1. The van der Waals surface area contributed by atoms with Crippen molar-refractivity contribution in [1.82, 2.24) is 15.1 Å². The van der Waals surface area contributed by atoms with Gasteiger partial charge in [-0.15, -0.1) is 0 Å². The van der Waals surface area contributed by atoms with Gasteiger partial charge in [-0.05, 0) is 43.0 Å². The Morgan fingerprint density at radius 2 is 1.93 bits per heavy atom. The second-order valence-electron chi connectivity index (χ2n) is 7.18. The van der Waals surface area contributed by atoms with E-state index in [0.29, 0.717) is 0 Å². The van der Waals surface area contributed by atoms with E-state index in [1.54, 1.807) is 10.8 Å². The first-order chi connectivity index (χ1) is 14.2. The highest BCUT2D eigenvalue weighted by Crippen LogP contribution is 2.27. The average Bonchev–Trinajstić information content (AvgIpc) is 3.48. The molecule has 2 aromatic carbocycles. The number of benzene rings is 2. The van der Waals surface area contributed by atoms with Crippen LogP contribution in [-0.4, -0.2) is 21.7 Å². The molecule has 0 saturated heterocycles. The maximum atomic E-state index is 12.4. The van der Waals surface area contributed by atoms with Gasteiger partial charge in [-0.3, -0.25) is 4.79 Å². The molecule has 1 aliphatic carbocycles. The largest absolute Gasteiger partial charge is 0.349 e. The maximum Gasteiger partial charge on any atom is 0.262 e. The third-order valence-electron chi connectivity index (χ3n) is 4.98. The summed E-state index contributed by atoms with van der Waals surface area (Å²) >= 11 is 0. The predicted octanol–water partition coefficient (Wildman–Crippen LogP) is 4.29. The van der Waals surface area contributed by atoms with Crippen molar-refractivity contribution in [3.63, 3.8) is 0 Å². The van der Waals surface area contributed by atoms with Crippen LogP contribution in [0.3, 0.4) is 0 Å². The average molecular weight is 382 g/mol.